The highest BCUT2D eigenvalue weighted by molar-refractivity contribution is 5.92. The van der Waals surface area contributed by atoms with E-state index in [9.17, 15) is 14.4 Å². The number of hydrogen-bond acceptors (Lipinski definition) is 6. The molecule has 1 aliphatic heterocycles. The molecule has 3 rings (SSSR count). The van der Waals surface area contributed by atoms with Gasteiger partial charge in [-0.1, -0.05) is 6.92 Å². The normalized spacial score (nSPS) is 17.3. The smallest absolute Gasteiger partial charge is 0.339 e. The second-order valence-corrected chi connectivity index (χ2v) is 5.74. The molecule has 0 aromatic carbocycles. The van der Waals surface area contributed by atoms with Gasteiger partial charge in [0.2, 0.25) is 0 Å². The topological polar surface area (TPSA) is 103 Å². The summed E-state index contributed by atoms with van der Waals surface area (Å²) < 4.78 is 12.0. The largest absolute Gasteiger partial charge is 0.459 e. The van der Waals surface area contributed by atoms with Crippen molar-refractivity contribution in [3.63, 3.8) is 0 Å². The molecule has 2 aromatic heterocycles. The predicted molar refractivity (Wildman–Crippen MR) is 86.2 cm³/mol. The van der Waals surface area contributed by atoms with Gasteiger partial charge in [-0.05, 0) is 25.3 Å². The Morgan fingerprint density at radius 1 is 1.50 bits per heavy atom. The first-order valence-corrected chi connectivity index (χ1v) is 8.01. The summed E-state index contributed by atoms with van der Waals surface area (Å²) in [5.74, 6) is -0.562. The van der Waals surface area contributed by atoms with Gasteiger partial charge in [0, 0.05) is 19.3 Å². The van der Waals surface area contributed by atoms with Crippen LogP contribution in [0.15, 0.2) is 21.9 Å². The molecule has 2 aromatic rings. The van der Waals surface area contributed by atoms with Crippen LogP contribution in [0.1, 0.15) is 36.5 Å². The van der Waals surface area contributed by atoms with Gasteiger partial charge in [0.05, 0.1) is 17.1 Å². The third-order valence-corrected chi connectivity index (χ3v) is 3.94. The minimum atomic E-state index is -0.566. The van der Waals surface area contributed by atoms with Crippen LogP contribution in [0.5, 0.6) is 0 Å². The molecule has 0 amide bonds. The average molecular weight is 333 g/mol. The summed E-state index contributed by atoms with van der Waals surface area (Å²) in [5, 5.41) is 0.189. The van der Waals surface area contributed by atoms with Crippen LogP contribution in [0.2, 0.25) is 0 Å². The summed E-state index contributed by atoms with van der Waals surface area (Å²) in [4.78, 5) is 42.4. The lowest BCUT2D eigenvalue weighted by Gasteiger charge is -2.11. The van der Waals surface area contributed by atoms with E-state index in [4.69, 9.17) is 9.47 Å². The minimum absolute atomic E-state index is 0.0690. The van der Waals surface area contributed by atoms with E-state index in [1.54, 1.807) is 0 Å². The molecule has 3 heterocycles. The Bertz CT molecular complexity index is 864. The first-order chi connectivity index (χ1) is 11.6. The van der Waals surface area contributed by atoms with Crippen LogP contribution in [0.4, 0.5) is 0 Å². The van der Waals surface area contributed by atoms with Crippen molar-refractivity contribution >= 4 is 17.0 Å². The zero-order chi connectivity index (χ0) is 17.1. The van der Waals surface area contributed by atoms with Gasteiger partial charge in [0.25, 0.3) is 5.56 Å². The SMILES string of the molecule is CCCn1c(=O)[nH]c(=O)c2cc(C(=O)OCC3CCCO3)cnc21. The predicted octanol–water partition coefficient (Wildman–Crippen LogP) is 0.831. The monoisotopic (exact) mass is 333 g/mol. The fraction of sp³-hybridized carbons (Fsp3) is 0.500. The van der Waals surface area contributed by atoms with Crippen molar-refractivity contribution in [2.75, 3.05) is 13.2 Å². The molecule has 0 bridgehead atoms. The number of nitrogens with one attached hydrogen (secondary N) is 1. The number of aromatic nitrogens is 3. The standard InChI is InChI=1S/C16H19N3O5/c1-2-5-19-13-12(14(20)18-16(19)22)7-10(8-17-13)15(21)24-9-11-4-3-6-23-11/h7-8,11H,2-6,9H2,1H3,(H,18,20,22). The van der Waals surface area contributed by atoms with E-state index in [-0.39, 0.29) is 29.3 Å². The Kier molecular flexibility index (Phi) is 4.75. The van der Waals surface area contributed by atoms with Crippen LogP contribution in [-0.4, -0.2) is 39.8 Å². The third kappa shape index (κ3) is 3.23. The number of pyridine rings is 1. The molecule has 1 N–H and O–H groups in total. The Labute approximate surface area is 137 Å². The zero-order valence-electron chi connectivity index (χ0n) is 13.4. The molecule has 0 saturated carbocycles. The van der Waals surface area contributed by atoms with Crippen LogP contribution >= 0.6 is 0 Å². The molecule has 1 fully saturated rings. The van der Waals surface area contributed by atoms with Crippen LogP contribution in [-0.2, 0) is 16.0 Å². The van der Waals surface area contributed by atoms with Crippen LogP contribution in [0.3, 0.4) is 0 Å². The molecule has 0 radical (unpaired) electrons. The van der Waals surface area contributed by atoms with Crippen molar-refractivity contribution in [1.82, 2.24) is 14.5 Å². The summed E-state index contributed by atoms with van der Waals surface area (Å²) in [6, 6.07) is 1.41. The molecule has 0 aliphatic carbocycles. The number of fused-ring (bicyclic) bond motifs is 1. The first kappa shape index (κ1) is 16.4. The second kappa shape index (κ2) is 6.96. The summed E-state index contributed by atoms with van der Waals surface area (Å²) in [6.45, 7) is 3.22. The van der Waals surface area contributed by atoms with Crippen molar-refractivity contribution in [2.24, 2.45) is 0 Å². The highest BCUT2D eigenvalue weighted by Crippen LogP contribution is 2.14. The van der Waals surface area contributed by atoms with Crippen LogP contribution < -0.4 is 11.2 Å². The number of aryl methyl sites for hydroxylation is 1. The van der Waals surface area contributed by atoms with Gasteiger partial charge in [-0.15, -0.1) is 0 Å². The van der Waals surface area contributed by atoms with E-state index in [1.807, 2.05) is 6.92 Å². The number of carbonyl (C=O) groups excluding carboxylic acids is 1. The minimum Gasteiger partial charge on any atom is -0.459 e. The molecule has 0 spiro atoms. The van der Waals surface area contributed by atoms with Gasteiger partial charge < -0.3 is 9.47 Å². The molecule has 8 heteroatoms. The van der Waals surface area contributed by atoms with Crippen molar-refractivity contribution in [2.45, 2.75) is 38.8 Å². The molecule has 1 unspecified atom stereocenters. The maximum atomic E-state index is 12.1. The van der Waals surface area contributed by atoms with Gasteiger partial charge in [0.15, 0.2) is 0 Å². The van der Waals surface area contributed by atoms with E-state index in [2.05, 4.69) is 9.97 Å². The van der Waals surface area contributed by atoms with E-state index >= 15 is 0 Å². The summed E-state index contributed by atoms with van der Waals surface area (Å²) in [7, 11) is 0. The van der Waals surface area contributed by atoms with E-state index in [1.165, 1.54) is 16.8 Å². The molecule has 8 nitrogen and oxygen atoms in total. The first-order valence-electron chi connectivity index (χ1n) is 8.01. The quantitative estimate of drug-likeness (QED) is 0.813. The summed E-state index contributed by atoms with van der Waals surface area (Å²) in [5.41, 5.74) is -0.631. The zero-order valence-corrected chi connectivity index (χ0v) is 13.4. The lowest BCUT2D eigenvalue weighted by molar-refractivity contribution is 0.0161. The number of hydrogen-bond donors (Lipinski definition) is 1. The molecular formula is C16H19N3O5. The molecular weight excluding hydrogens is 314 g/mol. The molecule has 1 saturated heterocycles. The summed E-state index contributed by atoms with van der Waals surface area (Å²) in [6.07, 6.45) is 3.80. The fourth-order valence-electron chi connectivity index (χ4n) is 2.74. The third-order valence-electron chi connectivity index (χ3n) is 3.94. The lowest BCUT2D eigenvalue weighted by atomic mass is 10.2. The van der Waals surface area contributed by atoms with Gasteiger partial charge in [-0.25, -0.2) is 14.6 Å². The van der Waals surface area contributed by atoms with E-state index in [0.29, 0.717) is 19.6 Å². The Hall–Kier alpha value is -2.48. The van der Waals surface area contributed by atoms with E-state index < -0.39 is 17.2 Å². The second-order valence-electron chi connectivity index (χ2n) is 5.74. The van der Waals surface area contributed by atoms with Crippen LogP contribution in [0, 0.1) is 0 Å². The number of aromatic amines is 1. The van der Waals surface area contributed by atoms with Crippen molar-refractivity contribution in [3.05, 3.63) is 38.7 Å². The number of rotatable bonds is 5. The van der Waals surface area contributed by atoms with Crippen molar-refractivity contribution < 1.29 is 14.3 Å². The number of H-pyrrole nitrogens is 1. The van der Waals surface area contributed by atoms with Crippen LogP contribution in [0.25, 0.3) is 11.0 Å². The molecule has 24 heavy (non-hydrogen) atoms. The summed E-state index contributed by atoms with van der Waals surface area (Å²) >= 11 is 0. The maximum absolute atomic E-state index is 12.1. The van der Waals surface area contributed by atoms with E-state index in [0.717, 1.165) is 12.8 Å². The Morgan fingerprint density at radius 2 is 2.33 bits per heavy atom. The van der Waals surface area contributed by atoms with Crippen molar-refractivity contribution in [3.8, 4) is 0 Å². The van der Waals surface area contributed by atoms with Gasteiger partial charge in [-0.3, -0.25) is 14.3 Å². The van der Waals surface area contributed by atoms with Crippen molar-refractivity contribution in [1.29, 1.82) is 0 Å². The number of ether oxygens (including phenoxy) is 2. The number of esters is 1. The highest BCUT2D eigenvalue weighted by atomic mass is 16.6. The Morgan fingerprint density at radius 3 is 3.04 bits per heavy atom. The highest BCUT2D eigenvalue weighted by Gasteiger charge is 2.19. The average Bonchev–Trinajstić information content (AvgIpc) is 3.09. The number of carbonyl (C=O) groups is 1. The Balaban J connectivity index is 1.89. The molecule has 1 atom stereocenters. The maximum Gasteiger partial charge on any atom is 0.339 e. The lowest BCUT2D eigenvalue weighted by Crippen LogP contribution is -2.31. The molecule has 1 aliphatic rings. The fourth-order valence-corrected chi connectivity index (χ4v) is 2.74. The van der Waals surface area contributed by atoms with Gasteiger partial charge >= 0.3 is 11.7 Å². The van der Waals surface area contributed by atoms with Gasteiger partial charge in [-0.2, -0.15) is 0 Å². The number of nitrogens with zero attached hydrogens (tertiary/aromatic N) is 2. The van der Waals surface area contributed by atoms with Gasteiger partial charge in [0.1, 0.15) is 12.3 Å². The molecule has 128 valence electrons.